The monoisotopic (exact) mass is 402 g/mol. The molecule has 0 aromatic rings. The summed E-state index contributed by atoms with van der Waals surface area (Å²) < 4.78 is 5.82. The minimum absolute atomic E-state index is 0.0505. The van der Waals surface area contributed by atoms with Gasteiger partial charge in [-0.1, -0.05) is 31.5 Å². The predicted octanol–water partition coefficient (Wildman–Crippen LogP) is 4.22. The Bertz CT molecular complexity index is 887. The van der Waals surface area contributed by atoms with E-state index in [4.69, 9.17) is 16.3 Å². The first kappa shape index (κ1) is 18.6. The molecule has 0 aliphatic heterocycles. The van der Waals surface area contributed by atoms with Gasteiger partial charge < -0.3 is 4.74 Å². The molecule has 0 aromatic carbocycles. The number of Topliss-reactive ketones (excluding diaryl/α,β-unsaturated/α-hetero) is 1. The second-order valence-electron chi connectivity index (χ2n) is 10.1. The van der Waals surface area contributed by atoms with Crippen molar-refractivity contribution in [2.75, 3.05) is 0 Å². The topological polar surface area (TPSA) is 60.4 Å². The van der Waals surface area contributed by atoms with E-state index in [1.165, 1.54) is 6.92 Å². The molecule has 0 amide bonds. The maximum Gasteiger partial charge on any atom is 0.303 e. The molecule has 0 N–H and O–H groups in total. The second kappa shape index (κ2) is 5.38. The molecular formula is C23H27ClO4. The molecule has 150 valence electrons. The molecule has 0 bridgehead atoms. The summed E-state index contributed by atoms with van der Waals surface area (Å²) in [5.74, 6) is 1.07. The predicted molar refractivity (Wildman–Crippen MR) is 104 cm³/mol. The van der Waals surface area contributed by atoms with Crippen LogP contribution >= 0.6 is 11.6 Å². The summed E-state index contributed by atoms with van der Waals surface area (Å²) in [5, 5.41) is 0.708. The SMILES string of the molecule is CC(=O)OC1(C(C)=O)CCC2C3C=C(Cl)C4=CC(=O)C5CC5C4(C)C3CC21C. The van der Waals surface area contributed by atoms with Crippen molar-refractivity contribution in [2.45, 2.75) is 59.0 Å². The molecule has 28 heavy (non-hydrogen) atoms. The standard InChI is InChI=1S/C23H27ClO4/c1-11(25)23(28-12(2)26)6-5-15-13-8-19(24)17-9-20(27)14-7-16(14)22(17,4)18(13)10-21(15,23)3/h8-9,13-16,18H,5-7,10H2,1-4H3. The molecule has 5 aliphatic rings. The third kappa shape index (κ3) is 1.96. The fourth-order valence-corrected chi connectivity index (χ4v) is 8.22. The van der Waals surface area contributed by atoms with Crippen LogP contribution in [0.2, 0.25) is 0 Å². The van der Waals surface area contributed by atoms with Crippen LogP contribution in [0.3, 0.4) is 0 Å². The molecule has 0 heterocycles. The van der Waals surface area contributed by atoms with Crippen LogP contribution in [-0.4, -0.2) is 23.1 Å². The second-order valence-corrected chi connectivity index (χ2v) is 10.5. The van der Waals surface area contributed by atoms with Crippen molar-refractivity contribution in [3.8, 4) is 0 Å². The molecular weight excluding hydrogens is 376 g/mol. The summed E-state index contributed by atoms with van der Waals surface area (Å²) in [5.41, 5.74) is -0.600. The lowest BCUT2D eigenvalue weighted by atomic mass is 9.58. The number of halogens is 1. The summed E-state index contributed by atoms with van der Waals surface area (Å²) in [6.45, 7) is 7.36. The maximum atomic E-state index is 12.8. The maximum absolute atomic E-state index is 12.8. The van der Waals surface area contributed by atoms with Gasteiger partial charge in [0.25, 0.3) is 0 Å². The summed E-state index contributed by atoms with van der Waals surface area (Å²) >= 11 is 6.74. The number of ether oxygens (including phenoxy) is 1. The number of carbonyl (C=O) groups excluding carboxylic acids is 3. The molecule has 4 nitrogen and oxygen atoms in total. The minimum atomic E-state index is -1.05. The van der Waals surface area contributed by atoms with E-state index in [1.807, 2.05) is 0 Å². The first-order valence-electron chi connectivity index (χ1n) is 10.4. The first-order valence-corrected chi connectivity index (χ1v) is 10.8. The zero-order chi connectivity index (χ0) is 20.2. The van der Waals surface area contributed by atoms with Gasteiger partial charge in [-0.05, 0) is 67.9 Å². The molecule has 0 spiro atoms. The van der Waals surface area contributed by atoms with E-state index in [0.717, 1.165) is 24.8 Å². The highest BCUT2D eigenvalue weighted by molar-refractivity contribution is 6.32. The zero-order valence-corrected chi connectivity index (χ0v) is 17.6. The normalized spacial score (nSPS) is 50.6. The highest BCUT2D eigenvalue weighted by atomic mass is 35.5. The van der Waals surface area contributed by atoms with Crippen LogP contribution in [-0.2, 0) is 19.1 Å². The fourth-order valence-electron chi connectivity index (χ4n) is 7.81. The van der Waals surface area contributed by atoms with Crippen LogP contribution in [0.4, 0.5) is 0 Å². The van der Waals surface area contributed by atoms with Crippen LogP contribution in [0.25, 0.3) is 0 Å². The Balaban J connectivity index is 1.63. The van der Waals surface area contributed by atoms with Crippen LogP contribution < -0.4 is 0 Å². The molecule has 8 unspecified atom stereocenters. The number of hydrogen-bond donors (Lipinski definition) is 0. The quantitative estimate of drug-likeness (QED) is 0.649. The molecule has 0 radical (unpaired) electrons. The van der Waals surface area contributed by atoms with Crippen molar-refractivity contribution in [1.82, 2.24) is 0 Å². The zero-order valence-electron chi connectivity index (χ0n) is 16.9. The van der Waals surface area contributed by atoms with Crippen LogP contribution in [0.5, 0.6) is 0 Å². The van der Waals surface area contributed by atoms with Gasteiger partial charge in [-0.2, -0.15) is 0 Å². The van der Waals surface area contributed by atoms with Crippen molar-refractivity contribution >= 4 is 29.1 Å². The molecule has 0 aromatic heterocycles. The van der Waals surface area contributed by atoms with Gasteiger partial charge in [0.2, 0.25) is 0 Å². The minimum Gasteiger partial charge on any atom is -0.451 e. The lowest BCUT2D eigenvalue weighted by Crippen LogP contribution is -2.52. The lowest BCUT2D eigenvalue weighted by Gasteiger charge is -2.47. The number of allylic oxidation sites excluding steroid dienone is 4. The van der Waals surface area contributed by atoms with E-state index in [0.29, 0.717) is 23.3 Å². The Labute approximate surface area is 170 Å². The molecule has 3 fully saturated rings. The van der Waals surface area contributed by atoms with Gasteiger partial charge >= 0.3 is 5.97 Å². The molecule has 5 heteroatoms. The largest absolute Gasteiger partial charge is 0.451 e. The van der Waals surface area contributed by atoms with Gasteiger partial charge in [-0.15, -0.1) is 0 Å². The number of esters is 1. The fraction of sp³-hybridized carbons (Fsp3) is 0.696. The van der Waals surface area contributed by atoms with Gasteiger partial charge in [0, 0.05) is 28.7 Å². The van der Waals surface area contributed by atoms with Crippen LogP contribution in [0.1, 0.15) is 53.4 Å². The molecule has 8 atom stereocenters. The summed E-state index contributed by atoms with van der Waals surface area (Å²) in [4.78, 5) is 37.1. The van der Waals surface area contributed by atoms with Crippen molar-refractivity contribution in [2.24, 2.45) is 40.4 Å². The Morgan fingerprint density at radius 3 is 2.54 bits per heavy atom. The number of carbonyl (C=O) groups is 3. The summed E-state index contributed by atoms with van der Waals surface area (Å²) in [6, 6.07) is 0. The Morgan fingerprint density at radius 1 is 1.18 bits per heavy atom. The van der Waals surface area contributed by atoms with E-state index < -0.39 is 17.0 Å². The van der Waals surface area contributed by atoms with Gasteiger partial charge in [-0.25, -0.2) is 0 Å². The number of hydrogen-bond acceptors (Lipinski definition) is 4. The van der Waals surface area contributed by atoms with Crippen LogP contribution in [0, 0.1) is 40.4 Å². The van der Waals surface area contributed by atoms with Gasteiger partial charge in [0.1, 0.15) is 0 Å². The van der Waals surface area contributed by atoms with E-state index >= 15 is 0 Å². The van der Waals surface area contributed by atoms with Gasteiger partial charge in [0.05, 0.1) is 0 Å². The molecule has 5 aliphatic carbocycles. The van der Waals surface area contributed by atoms with E-state index in [1.54, 1.807) is 13.0 Å². The van der Waals surface area contributed by atoms with Crippen molar-refractivity contribution in [1.29, 1.82) is 0 Å². The molecule has 0 saturated heterocycles. The lowest BCUT2D eigenvalue weighted by molar-refractivity contribution is -0.178. The van der Waals surface area contributed by atoms with Crippen molar-refractivity contribution in [3.63, 3.8) is 0 Å². The van der Waals surface area contributed by atoms with E-state index in [2.05, 4.69) is 19.9 Å². The molecule has 5 rings (SSSR count). The number of rotatable bonds is 2. The van der Waals surface area contributed by atoms with E-state index in [9.17, 15) is 14.4 Å². The third-order valence-corrected chi connectivity index (χ3v) is 9.50. The summed E-state index contributed by atoms with van der Waals surface area (Å²) in [7, 11) is 0. The smallest absolute Gasteiger partial charge is 0.303 e. The van der Waals surface area contributed by atoms with Gasteiger partial charge in [0.15, 0.2) is 17.2 Å². The Kier molecular flexibility index (Phi) is 3.58. The summed E-state index contributed by atoms with van der Waals surface area (Å²) in [6.07, 6.45) is 7.11. The highest BCUT2D eigenvalue weighted by Gasteiger charge is 2.73. The Morgan fingerprint density at radius 2 is 1.89 bits per heavy atom. The van der Waals surface area contributed by atoms with Crippen molar-refractivity contribution < 1.29 is 19.1 Å². The van der Waals surface area contributed by atoms with E-state index in [-0.39, 0.29) is 34.7 Å². The van der Waals surface area contributed by atoms with Gasteiger partial charge in [-0.3, -0.25) is 14.4 Å². The number of ketones is 2. The average Bonchev–Trinajstić information content (AvgIpc) is 3.30. The number of fused-ring (bicyclic) bond motifs is 7. The average molecular weight is 403 g/mol. The van der Waals surface area contributed by atoms with Crippen molar-refractivity contribution in [3.05, 3.63) is 22.8 Å². The first-order chi connectivity index (χ1) is 13.1. The molecule has 3 saturated carbocycles. The highest BCUT2D eigenvalue weighted by Crippen LogP contribution is 2.75. The Hall–Kier alpha value is -1.42. The van der Waals surface area contributed by atoms with Crippen LogP contribution in [0.15, 0.2) is 22.8 Å². The third-order valence-electron chi connectivity index (χ3n) is 9.17.